The van der Waals surface area contributed by atoms with E-state index in [1.54, 1.807) is 0 Å². The quantitative estimate of drug-likeness (QED) is 0.617. The standard InChI is InChI=1S/C18H18F2N5O3/c1-26-5-4-22-17-16-9(8-23-18(21)25-16)6-10(24-17)13-14(19)11(27-2)7-12(28-3)15(13)20/h6-8H,4-5H2,1-3H3,(H2-,21,22,23,24,25)/q-1. The number of ether oxygens (including phenoxy) is 3. The summed E-state index contributed by atoms with van der Waals surface area (Å²) in [4.78, 5) is 12.4. The van der Waals surface area contributed by atoms with E-state index in [1.807, 2.05) is 0 Å². The van der Waals surface area contributed by atoms with Gasteiger partial charge in [-0.05, 0) is 24.1 Å². The van der Waals surface area contributed by atoms with E-state index in [9.17, 15) is 8.78 Å². The summed E-state index contributed by atoms with van der Waals surface area (Å²) in [7, 11) is 4.08. The number of pyridine rings is 1. The smallest absolute Gasteiger partial charge is 0.220 e. The molecule has 2 aromatic heterocycles. The number of anilines is 1. The Morgan fingerprint density at radius 3 is 2.32 bits per heavy atom. The molecule has 0 saturated carbocycles. The van der Waals surface area contributed by atoms with Gasteiger partial charge in [-0.1, -0.05) is 0 Å². The number of hydrogen-bond donors (Lipinski definition) is 1. The molecule has 0 fully saturated rings. The predicted molar refractivity (Wildman–Crippen MR) is 100.0 cm³/mol. The molecule has 0 bridgehead atoms. The first-order valence-corrected chi connectivity index (χ1v) is 8.20. The second-order valence-electron chi connectivity index (χ2n) is 5.66. The minimum atomic E-state index is -0.910. The maximum absolute atomic E-state index is 14.9. The molecule has 0 atom stereocenters. The number of nitrogens with zero attached hydrogens (tertiary/aromatic N) is 4. The molecule has 148 valence electrons. The van der Waals surface area contributed by atoms with Crippen molar-refractivity contribution in [3.05, 3.63) is 35.3 Å². The van der Waals surface area contributed by atoms with Crippen molar-refractivity contribution in [2.24, 2.45) is 0 Å². The lowest BCUT2D eigenvalue weighted by atomic mass is 10.1. The molecule has 0 unspecified atom stereocenters. The number of nitrogens with two attached hydrogens (primary N) is 1. The van der Waals surface area contributed by atoms with Crippen LogP contribution in [0.4, 0.5) is 20.5 Å². The van der Waals surface area contributed by atoms with Crippen LogP contribution in [0.25, 0.3) is 27.5 Å². The molecule has 2 N–H and O–H groups in total. The molecule has 0 aliphatic carbocycles. The minimum absolute atomic E-state index is 0.00996. The average Bonchev–Trinajstić information content (AvgIpc) is 2.69. The highest BCUT2D eigenvalue weighted by molar-refractivity contribution is 5.92. The highest BCUT2D eigenvalue weighted by Crippen LogP contribution is 2.39. The first kappa shape index (κ1) is 19.5. The van der Waals surface area contributed by atoms with E-state index in [1.165, 1.54) is 33.6 Å². The van der Waals surface area contributed by atoms with Crippen LogP contribution in [0.2, 0.25) is 0 Å². The van der Waals surface area contributed by atoms with Crippen molar-refractivity contribution in [3.63, 3.8) is 0 Å². The Balaban J connectivity index is 2.25. The average molecular weight is 390 g/mol. The highest BCUT2D eigenvalue weighted by Gasteiger charge is 2.21. The summed E-state index contributed by atoms with van der Waals surface area (Å²) >= 11 is 0. The summed E-state index contributed by atoms with van der Waals surface area (Å²) < 4.78 is 44.7. The lowest BCUT2D eigenvalue weighted by Gasteiger charge is -2.21. The van der Waals surface area contributed by atoms with Crippen LogP contribution in [-0.4, -0.2) is 49.4 Å². The Kier molecular flexibility index (Phi) is 5.69. The van der Waals surface area contributed by atoms with Gasteiger partial charge in [0.05, 0.1) is 25.3 Å². The molecule has 10 heteroatoms. The first-order chi connectivity index (χ1) is 13.5. The van der Waals surface area contributed by atoms with Crippen LogP contribution in [-0.2, 0) is 4.74 Å². The Morgan fingerprint density at radius 2 is 1.71 bits per heavy atom. The van der Waals surface area contributed by atoms with Crippen LogP contribution in [0.3, 0.4) is 0 Å². The first-order valence-electron chi connectivity index (χ1n) is 8.20. The van der Waals surface area contributed by atoms with Gasteiger partial charge in [0, 0.05) is 31.4 Å². The van der Waals surface area contributed by atoms with E-state index in [2.05, 4.69) is 20.3 Å². The van der Waals surface area contributed by atoms with Crippen molar-refractivity contribution in [1.82, 2.24) is 15.0 Å². The normalized spacial score (nSPS) is 10.9. The molecule has 28 heavy (non-hydrogen) atoms. The zero-order valence-electron chi connectivity index (χ0n) is 15.5. The van der Waals surface area contributed by atoms with Gasteiger partial charge in [0.15, 0.2) is 23.1 Å². The molecule has 0 spiro atoms. The number of aromatic nitrogens is 3. The third kappa shape index (κ3) is 3.58. The van der Waals surface area contributed by atoms with Crippen LogP contribution >= 0.6 is 0 Å². The van der Waals surface area contributed by atoms with Crippen LogP contribution in [0.5, 0.6) is 11.5 Å². The van der Waals surface area contributed by atoms with Crippen LogP contribution in [0.1, 0.15) is 0 Å². The van der Waals surface area contributed by atoms with Gasteiger partial charge in [0.2, 0.25) is 5.95 Å². The topological polar surface area (TPSA) is 106 Å². The number of fused-ring (bicyclic) bond motifs is 1. The van der Waals surface area contributed by atoms with Gasteiger partial charge in [0.25, 0.3) is 0 Å². The summed E-state index contributed by atoms with van der Waals surface area (Å²) in [6.07, 6.45) is 1.44. The largest absolute Gasteiger partial charge is 0.494 e. The van der Waals surface area contributed by atoms with E-state index in [0.717, 1.165) is 6.07 Å². The van der Waals surface area contributed by atoms with Crippen molar-refractivity contribution in [2.75, 3.05) is 40.2 Å². The van der Waals surface area contributed by atoms with Crippen molar-refractivity contribution < 1.29 is 23.0 Å². The second kappa shape index (κ2) is 8.17. The number of methoxy groups -OCH3 is 3. The lowest BCUT2D eigenvalue weighted by Crippen LogP contribution is -2.02. The summed E-state index contributed by atoms with van der Waals surface area (Å²) in [6.45, 7) is 0.613. The summed E-state index contributed by atoms with van der Waals surface area (Å²) in [5, 5.41) is 4.78. The molecule has 8 nitrogen and oxygen atoms in total. The number of nitrogen functional groups attached to an aromatic ring is 1. The number of halogens is 2. The monoisotopic (exact) mass is 390 g/mol. The highest BCUT2D eigenvalue weighted by atomic mass is 19.1. The Bertz CT molecular complexity index is 988. The molecule has 2 heterocycles. The van der Waals surface area contributed by atoms with Crippen LogP contribution in [0.15, 0.2) is 18.3 Å². The van der Waals surface area contributed by atoms with E-state index in [-0.39, 0.29) is 35.5 Å². The summed E-state index contributed by atoms with van der Waals surface area (Å²) in [5.41, 5.74) is 5.60. The Hall–Kier alpha value is -3.27. The van der Waals surface area contributed by atoms with Gasteiger partial charge >= 0.3 is 0 Å². The predicted octanol–water partition coefficient (Wildman–Crippen LogP) is 3.22. The van der Waals surface area contributed by atoms with Crippen LogP contribution in [0, 0.1) is 11.6 Å². The number of rotatable bonds is 7. The Labute approximate surface area is 159 Å². The van der Waals surface area contributed by atoms with Crippen molar-refractivity contribution >= 4 is 22.7 Å². The maximum atomic E-state index is 14.9. The van der Waals surface area contributed by atoms with Crippen molar-refractivity contribution in [3.8, 4) is 22.8 Å². The molecule has 0 saturated heterocycles. The SMILES string of the molecule is COCC[N-]c1nc(-c2c(F)c(OC)cc(OC)c2F)cc2cnc(N)nc12. The molecular weight excluding hydrogens is 372 g/mol. The summed E-state index contributed by atoms with van der Waals surface area (Å²) in [5.74, 6) is -1.98. The van der Waals surface area contributed by atoms with E-state index >= 15 is 0 Å². The third-order valence-corrected chi connectivity index (χ3v) is 3.95. The number of benzene rings is 1. The van der Waals surface area contributed by atoms with Gasteiger partial charge in [-0.3, -0.25) is 0 Å². The molecular formula is C18H18F2N5O3-. The zero-order chi connectivity index (χ0) is 20.3. The molecule has 3 rings (SSSR count). The fourth-order valence-electron chi connectivity index (χ4n) is 2.63. The van der Waals surface area contributed by atoms with E-state index in [0.29, 0.717) is 17.5 Å². The zero-order valence-corrected chi connectivity index (χ0v) is 15.5. The molecule has 0 aliphatic rings. The molecule has 1 aromatic carbocycles. The van der Waals surface area contributed by atoms with Gasteiger partial charge in [-0.25, -0.2) is 18.7 Å². The number of hydrogen-bond acceptors (Lipinski definition) is 7. The van der Waals surface area contributed by atoms with E-state index in [4.69, 9.17) is 19.9 Å². The van der Waals surface area contributed by atoms with Crippen LogP contribution < -0.4 is 15.2 Å². The van der Waals surface area contributed by atoms with Crippen molar-refractivity contribution in [2.45, 2.75) is 0 Å². The summed E-state index contributed by atoms with van der Waals surface area (Å²) in [6, 6.07) is 2.58. The van der Waals surface area contributed by atoms with Crippen molar-refractivity contribution in [1.29, 1.82) is 0 Å². The minimum Gasteiger partial charge on any atom is -0.494 e. The molecule has 0 amide bonds. The third-order valence-electron chi connectivity index (χ3n) is 3.95. The fraction of sp³-hybridized carbons (Fsp3) is 0.278. The molecule has 0 radical (unpaired) electrons. The van der Waals surface area contributed by atoms with Gasteiger partial charge < -0.3 is 30.2 Å². The maximum Gasteiger partial charge on any atom is 0.220 e. The van der Waals surface area contributed by atoms with E-state index < -0.39 is 17.2 Å². The van der Waals surface area contributed by atoms with Gasteiger partial charge in [-0.15, -0.1) is 0 Å². The second-order valence-corrected chi connectivity index (χ2v) is 5.66. The molecule has 0 aliphatic heterocycles. The molecule has 3 aromatic rings. The Morgan fingerprint density at radius 1 is 1.04 bits per heavy atom. The lowest BCUT2D eigenvalue weighted by molar-refractivity contribution is 0.212. The van der Waals surface area contributed by atoms with Gasteiger partial charge in [-0.2, -0.15) is 0 Å². The van der Waals surface area contributed by atoms with Gasteiger partial charge in [0.1, 0.15) is 0 Å². The fourth-order valence-corrected chi connectivity index (χ4v) is 2.63.